The molecule has 0 fully saturated rings. The van der Waals surface area contributed by atoms with Gasteiger partial charge < -0.3 is 14.6 Å². The quantitative estimate of drug-likeness (QED) is 0.224. The Balaban J connectivity index is 2.02. The molecule has 0 atom stereocenters. The first kappa shape index (κ1) is 22.2. The number of rotatable bonds is 7. The summed E-state index contributed by atoms with van der Waals surface area (Å²) in [6, 6.07) is 12.5. The lowest BCUT2D eigenvalue weighted by atomic mass is 10.3. The van der Waals surface area contributed by atoms with Crippen LogP contribution in [0.5, 0.6) is 5.75 Å². The summed E-state index contributed by atoms with van der Waals surface area (Å²) in [7, 11) is 0. The minimum Gasteiger partial charge on any atom is -0.549 e. The minimum atomic E-state index is -1.31. The highest BCUT2D eigenvalue weighted by atomic mass is 32.2. The zero-order valence-corrected chi connectivity index (χ0v) is 19.1. The van der Waals surface area contributed by atoms with Crippen LogP contribution in [0.25, 0.3) is 21.7 Å². The Morgan fingerprint density at radius 2 is 1.94 bits per heavy atom. The molecule has 0 aliphatic carbocycles. The molecule has 0 bridgehead atoms. The van der Waals surface area contributed by atoms with Gasteiger partial charge in [0.05, 0.1) is 24.0 Å². The maximum absolute atomic E-state index is 13.5. The van der Waals surface area contributed by atoms with Crippen molar-refractivity contribution in [3.05, 3.63) is 68.7 Å². The molecule has 4 rings (SSSR count). The van der Waals surface area contributed by atoms with Gasteiger partial charge in [-0.2, -0.15) is 0 Å². The van der Waals surface area contributed by atoms with Crippen LogP contribution in [0.1, 0.15) is 6.92 Å². The van der Waals surface area contributed by atoms with Gasteiger partial charge in [0.25, 0.3) is 5.56 Å². The number of ether oxygens (including phenoxy) is 1. The van der Waals surface area contributed by atoms with Crippen LogP contribution >= 0.6 is 35.3 Å². The average Bonchev–Trinajstić information content (AvgIpc) is 3.10. The molecule has 0 aliphatic heterocycles. The van der Waals surface area contributed by atoms with Gasteiger partial charge in [0, 0.05) is 5.75 Å². The molecule has 2 heterocycles. The minimum absolute atomic E-state index is 0.119. The summed E-state index contributed by atoms with van der Waals surface area (Å²) in [5, 5.41) is 11.2. The van der Waals surface area contributed by atoms with E-state index in [1.54, 1.807) is 16.7 Å². The van der Waals surface area contributed by atoms with Crippen LogP contribution in [-0.2, 0) is 4.79 Å². The summed E-state index contributed by atoms with van der Waals surface area (Å²) in [5.41, 5.74) is 0.822. The topological polar surface area (TPSA) is 89.2 Å². The molecule has 0 aliphatic rings. The van der Waals surface area contributed by atoms with E-state index in [1.807, 2.05) is 19.1 Å². The number of halogens is 1. The van der Waals surface area contributed by atoms with Gasteiger partial charge in [-0.1, -0.05) is 35.2 Å². The number of aliphatic carboxylic acids is 1. The highest BCUT2D eigenvalue weighted by molar-refractivity contribution is 7.99. The Labute approximate surface area is 194 Å². The summed E-state index contributed by atoms with van der Waals surface area (Å²) in [6.07, 6.45) is 0. The molecular weight excluding hydrogens is 473 g/mol. The maximum atomic E-state index is 13.5. The van der Waals surface area contributed by atoms with E-state index >= 15 is 0 Å². The molecule has 0 radical (unpaired) electrons. The number of nitrogens with zero attached hydrogens (tertiary/aromatic N) is 3. The molecule has 4 aromatic rings. The Hall–Kier alpha value is -3.02. The molecule has 164 valence electrons. The van der Waals surface area contributed by atoms with Crippen LogP contribution in [0.4, 0.5) is 4.39 Å². The second-order valence-corrected chi connectivity index (χ2v) is 9.02. The summed E-state index contributed by atoms with van der Waals surface area (Å²) in [4.78, 5) is 29.1. The average molecular weight is 489 g/mol. The predicted octanol–water partition coefficient (Wildman–Crippen LogP) is 3.35. The number of carbonyl (C=O) groups is 1. The van der Waals surface area contributed by atoms with Crippen LogP contribution in [0.3, 0.4) is 0 Å². The summed E-state index contributed by atoms with van der Waals surface area (Å²) in [6.45, 7) is 2.29. The van der Waals surface area contributed by atoms with Crippen molar-refractivity contribution in [2.24, 2.45) is 0 Å². The Morgan fingerprint density at radius 3 is 2.62 bits per heavy atom. The van der Waals surface area contributed by atoms with Crippen LogP contribution < -0.4 is 15.4 Å². The lowest BCUT2D eigenvalue weighted by Crippen LogP contribution is -2.26. The molecule has 0 N–H and O–H groups in total. The van der Waals surface area contributed by atoms with E-state index in [4.69, 9.17) is 17.0 Å². The van der Waals surface area contributed by atoms with Crippen LogP contribution in [-0.4, -0.2) is 32.4 Å². The van der Waals surface area contributed by atoms with E-state index in [0.717, 1.165) is 23.1 Å². The SMILES string of the molecule is CCOc1ccccc1-n1c(=S)sc2c(=O)n(-c3ccc(F)cc3)c(SCC(=O)[O-])nc21. The third-order valence-corrected chi connectivity index (χ3v) is 6.65. The van der Waals surface area contributed by atoms with E-state index in [-0.39, 0.29) is 15.5 Å². The number of thioether (sulfide) groups is 1. The van der Waals surface area contributed by atoms with Crippen molar-refractivity contribution >= 4 is 51.6 Å². The zero-order valence-electron chi connectivity index (χ0n) is 16.6. The van der Waals surface area contributed by atoms with Gasteiger partial charge in [-0.05, 0) is 55.5 Å². The number of carbonyl (C=O) groups excluding carboxylic acids is 1. The van der Waals surface area contributed by atoms with Gasteiger partial charge in [0.1, 0.15) is 16.3 Å². The number of benzene rings is 2. The standard InChI is InChI=1S/C21H16FN3O4S3/c1-2-29-15-6-4-3-5-14(15)25-18-17(32-21(25)30)19(28)24(13-9-7-12(22)8-10-13)20(23-18)31-11-16(26)27/h3-10H,2,11H2,1H3,(H,26,27)/p-1. The van der Waals surface area contributed by atoms with Gasteiger partial charge in [-0.25, -0.2) is 9.37 Å². The van der Waals surface area contributed by atoms with Crippen molar-refractivity contribution in [1.82, 2.24) is 14.1 Å². The molecule has 0 amide bonds. The molecule has 2 aromatic carbocycles. The number of hydrogen-bond donors (Lipinski definition) is 0. The summed E-state index contributed by atoms with van der Waals surface area (Å²) >= 11 is 7.46. The first-order valence-electron chi connectivity index (χ1n) is 9.40. The third-order valence-electron chi connectivity index (χ3n) is 4.39. The third kappa shape index (κ3) is 4.18. The first-order valence-corrected chi connectivity index (χ1v) is 11.6. The van der Waals surface area contributed by atoms with Crippen molar-refractivity contribution in [1.29, 1.82) is 0 Å². The lowest BCUT2D eigenvalue weighted by molar-refractivity contribution is -0.301. The Kier molecular flexibility index (Phi) is 6.40. The van der Waals surface area contributed by atoms with Crippen LogP contribution in [0.2, 0.25) is 0 Å². The predicted molar refractivity (Wildman–Crippen MR) is 122 cm³/mol. The number of aromatic nitrogens is 3. The molecule has 0 unspecified atom stereocenters. The van der Waals surface area contributed by atoms with E-state index in [2.05, 4.69) is 4.98 Å². The molecule has 2 aromatic heterocycles. The van der Waals surface area contributed by atoms with Crippen molar-refractivity contribution in [2.75, 3.05) is 12.4 Å². The maximum Gasteiger partial charge on any atom is 0.278 e. The van der Waals surface area contributed by atoms with E-state index in [1.165, 1.54) is 28.8 Å². The molecular formula is C21H15FN3O4S3-. The van der Waals surface area contributed by atoms with E-state index in [9.17, 15) is 19.1 Å². The monoisotopic (exact) mass is 488 g/mol. The van der Waals surface area contributed by atoms with Gasteiger partial charge in [0.15, 0.2) is 14.8 Å². The van der Waals surface area contributed by atoms with Gasteiger partial charge in [-0.3, -0.25) is 13.9 Å². The molecule has 7 nitrogen and oxygen atoms in total. The summed E-state index contributed by atoms with van der Waals surface area (Å²) in [5.74, 6) is -1.62. The number of carboxylic acids is 1. The second kappa shape index (κ2) is 9.23. The number of fused-ring (bicyclic) bond motifs is 1. The highest BCUT2D eigenvalue weighted by Crippen LogP contribution is 2.31. The first-order chi connectivity index (χ1) is 15.4. The van der Waals surface area contributed by atoms with Gasteiger partial charge >= 0.3 is 0 Å². The fourth-order valence-corrected chi connectivity index (χ4v) is 5.11. The van der Waals surface area contributed by atoms with Crippen molar-refractivity contribution in [3.63, 3.8) is 0 Å². The van der Waals surface area contributed by atoms with E-state index in [0.29, 0.717) is 27.7 Å². The largest absolute Gasteiger partial charge is 0.549 e. The summed E-state index contributed by atoms with van der Waals surface area (Å²) < 4.78 is 22.7. The zero-order chi connectivity index (χ0) is 22.8. The molecule has 0 saturated heterocycles. The van der Waals surface area contributed by atoms with E-state index < -0.39 is 23.1 Å². The molecule has 0 spiro atoms. The van der Waals surface area contributed by atoms with Crippen LogP contribution in [0.15, 0.2) is 58.5 Å². The van der Waals surface area contributed by atoms with Gasteiger partial charge in [0.2, 0.25) is 0 Å². The molecule has 32 heavy (non-hydrogen) atoms. The number of carboxylic acid groups (broad SMARTS) is 1. The fourth-order valence-electron chi connectivity index (χ4n) is 3.11. The van der Waals surface area contributed by atoms with Crippen molar-refractivity contribution in [3.8, 4) is 17.1 Å². The van der Waals surface area contributed by atoms with Gasteiger partial charge in [-0.15, -0.1) is 0 Å². The number of para-hydroxylation sites is 2. The number of hydrogen-bond acceptors (Lipinski definition) is 8. The molecule has 0 saturated carbocycles. The number of thiazole rings is 1. The second-order valence-electron chi connectivity index (χ2n) is 6.43. The smallest absolute Gasteiger partial charge is 0.278 e. The lowest BCUT2D eigenvalue weighted by Gasteiger charge is -2.14. The van der Waals surface area contributed by atoms with Crippen LogP contribution in [0, 0.1) is 9.77 Å². The Bertz CT molecular complexity index is 1430. The fraction of sp³-hybridized carbons (Fsp3) is 0.143. The van der Waals surface area contributed by atoms with Crippen molar-refractivity contribution < 1.29 is 19.0 Å². The Morgan fingerprint density at radius 1 is 1.22 bits per heavy atom. The normalized spacial score (nSPS) is 11.1. The highest BCUT2D eigenvalue weighted by Gasteiger charge is 2.20. The molecule has 11 heteroatoms. The van der Waals surface area contributed by atoms with Crippen molar-refractivity contribution in [2.45, 2.75) is 12.1 Å².